The minimum atomic E-state index is -0.356. The Bertz CT molecular complexity index is 709. The van der Waals surface area contributed by atoms with Gasteiger partial charge < -0.3 is 10.2 Å². The molecule has 2 N–H and O–H groups in total. The summed E-state index contributed by atoms with van der Waals surface area (Å²) < 4.78 is 19.1. The van der Waals surface area contributed by atoms with E-state index in [0.717, 1.165) is 17.5 Å². The van der Waals surface area contributed by atoms with Crippen LogP contribution in [0.5, 0.6) is 0 Å². The molecule has 3 rings (SSSR count). The fourth-order valence-corrected chi connectivity index (χ4v) is 2.22. The number of rotatable bonds is 4. The Morgan fingerprint density at radius 3 is 2.85 bits per heavy atom. The summed E-state index contributed by atoms with van der Waals surface area (Å²) in [4.78, 5) is 4.26. The van der Waals surface area contributed by atoms with Gasteiger partial charge in [0.25, 0.3) is 0 Å². The molecule has 0 radical (unpaired) electrons. The molecule has 102 valence electrons. The van der Waals surface area contributed by atoms with Crippen LogP contribution in [0.4, 0.5) is 4.39 Å². The minimum Gasteiger partial charge on any atom is -0.456 e. The number of nitrogens with two attached hydrogens (primary N) is 1. The number of hydrogen-bond donors (Lipinski definition) is 1. The molecular weight excluding hydrogens is 255 g/mol. The summed E-state index contributed by atoms with van der Waals surface area (Å²) in [7, 11) is 0. The third kappa shape index (κ3) is 2.56. The topological polar surface area (TPSA) is 52.0 Å². The SMILES string of the molecule is NC(CCc1ccccn1)c1cc2cccc(F)c2o1. The predicted octanol–water partition coefficient (Wildman–Crippen LogP) is 3.60. The molecule has 0 amide bonds. The number of aryl methyl sites for hydroxylation is 1. The molecule has 0 saturated heterocycles. The molecule has 0 aliphatic carbocycles. The van der Waals surface area contributed by atoms with Crippen molar-refractivity contribution in [3.8, 4) is 0 Å². The second-order valence-corrected chi connectivity index (χ2v) is 4.77. The molecule has 0 spiro atoms. The Hall–Kier alpha value is -2.20. The fourth-order valence-electron chi connectivity index (χ4n) is 2.22. The van der Waals surface area contributed by atoms with E-state index in [1.54, 1.807) is 12.3 Å². The first-order valence-corrected chi connectivity index (χ1v) is 6.57. The van der Waals surface area contributed by atoms with E-state index >= 15 is 0 Å². The molecule has 2 heterocycles. The Balaban J connectivity index is 1.75. The van der Waals surface area contributed by atoms with Gasteiger partial charge in [-0.3, -0.25) is 4.98 Å². The summed E-state index contributed by atoms with van der Waals surface area (Å²) in [5.41, 5.74) is 7.38. The number of fused-ring (bicyclic) bond motifs is 1. The van der Waals surface area contributed by atoms with Gasteiger partial charge in [0.1, 0.15) is 5.76 Å². The molecule has 3 nitrogen and oxygen atoms in total. The van der Waals surface area contributed by atoms with Crippen molar-refractivity contribution >= 4 is 11.0 Å². The lowest BCUT2D eigenvalue weighted by Crippen LogP contribution is -2.10. The van der Waals surface area contributed by atoms with E-state index in [9.17, 15) is 4.39 Å². The van der Waals surface area contributed by atoms with E-state index < -0.39 is 0 Å². The molecule has 2 aromatic heterocycles. The van der Waals surface area contributed by atoms with Crippen LogP contribution >= 0.6 is 0 Å². The normalized spacial score (nSPS) is 12.7. The maximum atomic E-state index is 13.6. The first-order chi connectivity index (χ1) is 9.74. The third-order valence-corrected chi connectivity index (χ3v) is 3.32. The summed E-state index contributed by atoms with van der Waals surface area (Å²) in [6.45, 7) is 0. The van der Waals surface area contributed by atoms with Crippen LogP contribution in [0.2, 0.25) is 0 Å². The molecule has 1 aromatic carbocycles. The number of para-hydroxylation sites is 1. The average Bonchev–Trinajstić information content (AvgIpc) is 2.91. The zero-order valence-electron chi connectivity index (χ0n) is 10.9. The van der Waals surface area contributed by atoms with E-state index in [0.29, 0.717) is 12.2 Å². The number of pyridine rings is 1. The minimum absolute atomic E-state index is 0.260. The van der Waals surface area contributed by atoms with Crippen LogP contribution in [0.25, 0.3) is 11.0 Å². The third-order valence-electron chi connectivity index (χ3n) is 3.32. The van der Waals surface area contributed by atoms with Crippen molar-refractivity contribution < 1.29 is 8.81 Å². The van der Waals surface area contributed by atoms with Gasteiger partial charge in [0.2, 0.25) is 0 Å². The van der Waals surface area contributed by atoms with Gasteiger partial charge >= 0.3 is 0 Å². The molecule has 0 fully saturated rings. The van der Waals surface area contributed by atoms with Crippen molar-refractivity contribution in [1.29, 1.82) is 0 Å². The standard InChI is InChI=1S/C16H15FN2O/c17-13-6-3-4-11-10-15(20-16(11)13)14(18)8-7-12-5-1-2-9-19-12/h1-6,9-10,14H,7-8,18H2. The van der Waals surface area contributed by atoms with Crippen molar-refractivity contribution in [2.75, 3.05) is 0 Å². The molecule has 0 aliphatic rings. The molecule has 0 aliphatic heterocycles. The molecule has 4 heteroatoms. The number of furan rings is 1. The van der Waals surface area contributed by atoms with Gasteiger partial charge in [-0.1, -0.05) is 18.2 Å². The first-order valence-electron chi connectivity index (χ1n) is 6.57. The van der Waals surface area contributed by atoms with Crippen LogP contribution < -0.4 is 5.73 Å². The van der Waals surface area contributed by atoms with E-state index in [-0.39, 0.29) is 17.4 Å². The molecule has 20 heavy (non-hydrogen) atoms. The van der Waals surface area contributed by atoms with Gasteiger partial charge in [-0.15, -0.1) is 0 Å². The average molecular weight is 270 g/mol. The number of halogens is 1. The first kappa shape index (κ1) is 12.8. The van der Waals surface area contributed by atoms with E-state index in [2.05, 4.69) is 4.98 Å². The Labute approximate surface area is 116 Å². The molecule has 1 atom stereocenters. The van der Waals surface area contributed by atoms with Crippen molar-refractivity contribution in [2.45, 2.75) is 18.9 Å². The second kappa shape index (κ2) is 5.43. The molecule has 1 unspecified atom stereocenters. The van der Waals surface area contributed by atoms with E-state index in [1.807, 2.05) is 30.3 Å². The number of hydrogen-bond acceptors (Lipinski definition) is 3. The summed E-state index contributed by atoms with van der Waals surface area (Å²) in [6, 6.07) is 12.2. The van der Waals surface area contributed by atoms with Crippen molar-refractivity contribution in [3.63, 3.8) is 0 Å². The highest BCUT2D eigenvalue weighted by atomic mass is 19.1. The summed E-state index contributed by atoms with van der Waals surface area (Å²) >= 11 is 0. The monoisotopic (exact) mass is 270 g/mol. The number of nitrogens with zero attached hydrogens (tertiary/aromatic N) is 1. The zero-order valence-corrected chi connectivity index (χ0v) is 10.9. The number of benzene rings is 1. The van der Waals surface area contributed by atoms with Crippen LogP contribution in [-0.2, 0) is 6.42 Å². The van der Waals surface area contributed by atoms with Crippen molar-refractivity contribution in [1.82, 2.24) is 4.98 Å². The van der Waals surface area contributed by atoms with Gasteiger partial charge in [-0.25, -0.2) is 4.39 Å². The fraction of sp³-hybridized carbons (Fsp3) is 0.188. The van der Waals surface area contributed by atoms with Crippen LogP contribution in [0.15, 0.2) is 53.1 Å². The van der Waals surface area contributed by atoms with E-state index in [1.165, 1.54) is 6.07 Å². The van der Waals surface area contributed by atoms with Crippen LogP contribution in [-0.4, -0.2) is 4.98 Å². The number of aromatic nitrogens is 1. The molecular formula is C16H15FN2O. The summed E-state index contributed by atoms with van der Waals surface area (Å²) in [6.07, 6.45) is 3.23. The highest BCUT2D eigenvalue weighted by Gasteiger charge is 2.14. The molecule has 0 saturated carbocycles. The van der Waals surface area contributed by atoms with Gasteiger partial charge in [0.15, 0.2) is 11.4 Å². The second-order valence-electron chi connectivity index (χ2n) is 4.77. The predicted molar refractivity (Wildman–Crippen MR) is 75.7 cm³/mol. The lowest BCUT2D eigenvalue weighted by atomic mass is 10.1. The van der Waals surface area contributed by atoms with E-state index in [4.69, 9.17) is 10.2 Å². The highest BCUT2D eigenvalue weighted by Crippen LogP contribution is 2.26. The van der Waals surface area contributed by atoms with Crippen molar-refractivity contribution in [3.05, 3.63) is 65.9 Å². The van der Waals surface area contributed by atoms with Gasteiger partial charge in [-0.05, 0) is 37.1 Å². The lowest BCUT2D eigenvalue weighted by molar-refractivity contribution is 0.464. The Kier molecular flexibility index (Phi) is 3.48. The van der Waals surface area contributed by atoms with Gasteiger partial charge in [-0.2, -0.15) is 0 Å². The summed E-state index contributed by atoms with van der Waals surface area (Å²) in [5, 5.41) is 0.744. The highest BCUT2D eigenvalue weighted by molar-refractivity contribution is 5.78. The van der Waals surface area contributed by atoms with Crippen LogP contribution in [0, 0.1) is 5.82 Å². The molecule has 0 bridgehead atoms. The largest absolute Gasteiger partial charge is 0.456 e. The molecule has 3 aromatic rings. The maximum absolute atomic E-state index is 13.6. The van der Waals surface area contributed by atoms with Crippen molar-refractivity contribution in [2.24, 2.45) is 5.73 Å². The zero-order chi connectivity index (χ0) is 13.9. The van der Waals surface area contributed by atoms with Gasteiger partial charge in [0.05, 0.1) is 6.04 Å². The van der Waals surface area contributed by atoms with Crippen LogP contribution in [0.1, 0.15) is 23.9 Å². The summed E-state index contributed by atoms with van der Waals surface area (Å²) in [5.74, 6) is 0.256. The van der Waals surface area contributed by atoms with Crippen LogP contribution in [0.3, 0.4) is 0 Å². The van der Waals surface area contributed by atoms with Gasteiger partial charge in [0, 0.05) is 17.3 Å². The smallest absolute Gasteiger partial charge is 0.169 e. The Morgan fingerprint density at radius 2 is 2.10 bits per heavy atom. The lowest BCUT2D eigenvalue weighted by Gasteiger charge is -2.07. The quantitative estimate of drug-likeness (QED) is 0.788. The Morgan fingerprint density at radius 1 is 1.20 bits per heavy atom. The maximum Gasteiger partial charge on any atom is 0.169 e.